The Balaban J connectivity index is 1.43. The molecule has 0 radical (unpaired) electrons. The highest BCUT2D eigenvalue weighted by atomic mass is 32.2. The first-order chi connectivity index (χ1) is 13.1. The van der Waals surface area contributed by atoms with Gasteiger partial charge in [0.25, 0.3) is 5.91 Å². The predicted octanol–water partition coefficient (Wildman–Crippen LogP) is 4.25. The van der Waals surface area contributed by atoms with Gasteiger partial charge in [-0.2, -0.15) is 0 Å². The Labute approximate surface area is 161 Å². The fourth-order valence-electron chi connectivity index (χ4n) is 2.88. The zero-order valence-corrected chi connectivity index (χ0v) is 15.8. The molecule has 4 rings (SSSR count). The number of aryl methyl sites for hydroxylation is 1. The van der Waals surface area contributed by atoms with Crippen LogP contribution >= 0.6 is 11.8 Å². The van der Waals surface area contributed by atoms with Crippen molar-refractivity contribution in [2.24, 2.45) is 7.05 Å². The van der Waals surface area contributed by atoms with Crippen LogP contribution in [0.1, 0.15) is 34.7 Å². The molecule has 1 saturated carbocycles. The van der Waals surface area contributed by atoms with E-state index < -0.39 is 0 Å². The third-order valence-corrected chi connectivity index (χ3v) is 5.59. The number of halogens is 1. The van der Waals surface area contributed by atoms with Gasteiger partial charge in [0.15, 0.2) is 10.9 Å². The van der Waals surface area contributed by atoms with Crippen molar-refractivity contribution in [2.75, 3.05) is 0 Å². The van der Waals surface area contributed by atoms with Gasteiger partial charge in [-0.05, 0) is 42.7 Å². The average Bonchev–Trinajstić information content (AvgIpc) is 3.25. The number of hydrogen-bond donors (Lipinski definition) is 0. The SMILES string of the molecule is Cn1ccnc1SCc1ccc(C(=O)N(Cc2ccc(F)cc2)C2CC2)o1. The van der Waals surface area contributed by atoms with Gasteiger partial charge in [0.05, 0.1) is 5.75 Å². The second kappa shape index (κ2) is 7.60. The van der Waals surface area contributed by atoms with Gasteiger partial charge in [-0.15, -0.1) is 0 Å². The number of aromatic nitrogens is 2. The van der Waals surface area contributed by atoms with Crippen molar-refractivity contribution in [2.45, 2.75) is 36.3 Å². The normalized spacial score (nSPS) is 13.7. The third kappa shape index (κ3) is 4.24. The number of rotatable bonds is 7. The van der Waals surface area contributed by atoms with Crippen LogP contribution in [-0.4, -0.2) is 26.4 Å². The lowest BCUT2D eigenvalue weighted by atomic mass is 10.2. The fourth-order valence-corrected chi connectivity index (χ4v) is 3.70. The lowest BCUT2D eigenvalue weighted by molar-refractivity contribution is 0.0696. The van der Waals surface area contributed by atoms with Crippen molar-refractivity contribution >= 4 is 17.7 Å². The first kappa shape index (κ1) is 17.9. The lowest BCUT2D eigenvalue weighted by Gasteiger charge is -2.21. The number of benzene rings is 1. The molecule has 0 atom stereocenters. The molecule has 5 nitrogen and oxygen atoms in total. The Hall–Kier alpha value is -2.54. The summed E-state index contributed by atoms with van der Waals surface area (Å²) >= 11 is 1.56. The summed E-state index contributed by atoms with van der Waals surface area (Å²) in [7, 11) is 1.94. The number of carbonyl (C=O) groups excluding carboxylic acids is 1. The fraction of sp³-hybridized carbons (Fsp3) is 0.300. The molecule has 27 heavy (non-hydrogen) atoms. The van der Waals surface area contributed by atoms with Crippen LogP contribution in [0.15, 0.2) is 58.4 Å². The minimum Gasteiger partial charge on any atom is -0.455 e. The molecule has 0 aliphatic heterocycles. The van der Waals surface area contributed by atoms with Gasteiger partial charge in [-0.3, -0.25) is 4.79 Å². The maximum Gasteiger partial charge on any atom is 0.290 e. The van der Waals surface area contributed by atoms with Crippen molar-refractivity contribution in [3.63, 3.8) is 0 Å². The summed E-state index contributed by atoms with van der Waals surface area (Å²) in [6.07, 6.45) is 5.63. The monoisotopic (exact) mass is 385 g/mol. The van der Waals surface area contributed by atoms with Gasteiger partial charge in [0.2, 0.25) is 0 Å². The number of imidazole rings is 1. The summed E-state index contributed by atoms with van der Waals surface area (Å²) in [6, 6.07) is 10.1. The maximum atomic E-state index is 13.1. The molecule has 0 spiro atoms. The van der Waals surface area contributed by atoms with Crippen molar-refractivity contribution in [1.29, 1.82) is 0 Å². The molecule has 2 aromatic heterocycles. The standard InChI is InChI=1S/C20H20FN3O2S/c1-23-11-10-22-20(23)27-13-17-8-9-18(26-17)19(25)24(16-6-7-16)12-14-2-4-15(21)5-3-14/h2-5,8-11,16H,6-7,12-13H2,1H3. The zero-order chi connectivity index (χ0) is 18.8. The Bertz CT molecular complexity index is 931. The van der Waals surface area contributed by atoms with E-state index in [-0.39, 0.29) is 17.8 Å². The van der Waals surface area contributed by atoms with Crippen LogP contribution in [0.25, 0.3) is 0 Å². The number of nitrogens with zero attached hydrogens (tertiary/aromatic N) is 3. The summed E-state index contributed by atoms with van der Waals surface area (Å²) in [6.45, 7) is 0.460. The zero-order valence-electron chi connectivity index (χ0n) is 15.0. The molecule has 1 fully saturated rings. The van der Waals surface area contributed by atoms with Gasteiger partial charge < -0.3 is 13.9 Å². The van der Waals surface area contributed by atoms with Crippen molar-refractivity contribution < 1.29 is 13.6 Å². The van der Waals surface area contributed by atoms with Crippen LogP contribution in [0.4, 0.5) is 4.39 Å². The molecule has 0 N–H and O–H groups in total. The summed E-state index contributed by atoms with van der Waals surface area (Å²) in [5, 5.41) is 0.898. The van der Waals surface area contributed by atoms with Gasteiger partial charge >= 0.3 is 0 Å². The van der Waals surface area contributed by atoms with Crippen LogP contribution in [0.2, 0.25) is 0 Å². The number of carbonyl (C=O) groups is 1. The first-order valence-electron chi connectivity index (χ1n) is 8.84. The van der Waals surface area contributed by atoms with Crippen molar-refractivity contribution in [3.05, 3.63) is 71.7 Å². The highest BCUT2D eigenvalue weighted by Gasteiger charge is 2.34. The van der Waals surface area contributed by atoms with Gasteiger partial charge in [-0.1, -0.05) is 23.9 Å². The third-order valence-electron chi connectivity index (χ3n) is 4.51. The second-order valence-corrected chi connectivity index (χ2v) is 7.61. The van der Waals surface area contributed by atoms with Crippen LogP contribution in [-0.2, 0) is 19.3 Å². The predicted molar refractivity (Wildman–Crippen MR) is 101 cm³/mol. The minimum atomic E-state index is -0.274. The van der Waals surface area contributed by atoms with E-state index in [9.17, 15) is 9.18 Å². The number of thioether (sulfide) groups is 1. The van der Waals surface area contributed by atoms with E-state index in [0.29, 0.717) is 18.1 Å². The first-order valence-corrected chi connectivity index (χ1v) is 9.83. The minimum absolute atomic E-state index is 0.116. The van der Waals surface area contributed by atoms with E-state index >= 15 is 0 Å². The van der Waals surface area contributed by atoms with Crippen LogP contribution in [0.3, 0.4) is 0 Å². The molecule has 0 unspecified atom stereocenters. The quantitative estimate of drug-likeness (QED) is 0.571. The molecule has 1 aliphatic carbocycles. The summed E-state index contributed by atoms with van der Waals surface area (Å²) in [4.78, 5) is 19.0. The van der Waals surface area contributed by atoms with E-state index in [4.69, 9.17) is 4.42 Å². The van der Waals surface area contributed by atoms with Gasteiger partial charge in [0, 0.05) is 32.0 Å². The Kier molecular flexibility index (Phi) is 5.03. The molecular formula is C20H20FN3O2S. The summed E-state index contributed by atoms with van der Waals surface area (Å²) < 4.78 is 20.8. The second-order valence-electron chi connectivity index (χ2n) is 6.67. The molecule has 0 saturated heterocycles. The van der Waals surface area contributed by atoms with Crippen molar-refractivity contribution in [1.82, 2.24) is 14.5 Å². The van der Waals surface area contributed by atoms with E-state index in [1.165, 1.54) is 12.1 Å². The Morgan fingerprint density at radius 2 is 2.07 bits per heavy atom. The molecule has 0 bridgehead atoms. The van der Waals surface area contributed by atoms with Crippen LogP contribution in [0.5, 0.6) is 0 Å². The van der Waals surface area contributed by atoms with Gasteiger partial charge in [0.1, 0.15) is 11.6 Å². The van der Waals surface area contributed by atoms with E-state index in [1.54, 1.807) is 36.2 Å². The van der Waals surface area contributed by atoms with E-state index in [1.807, 2.05) is 28.8 Å². The van der Waals surface area contributed by atoms with Crippen LogP contribution in [0, 0.1) is 5.82 Å². The Morgan fingerprint density at radius 1 is 1.30 bits per heavy atom. The number of amides is 1. The largest absolute Gasteiger partial charge is 0.455 e. The molecule has 1 aliphatic rings. The number of hydrogen-bond acceptors (Lipinski definition) is 4. The Morgan fingerprint density at radius 3 is 2.74 bits per heavy atom. The molecule has 3 aromatic rings. The lowest BCUT2D eigenvalue weighted by Crippen LogP contribution is -2.32. The highest BCUT2D eigenvalue weighted by molar-refractivity contribution is 7.98. The molecule has 140 valence electrons. The summed E-state index contributed by atoms with van der Waals surface area (Å²) in [5.74, 6) is 1.31. The van der Waals surface area contributed by atoms with E-state index in [2.05, 4.69) is 4.98 Å². The van der Waals surface area contributed by atoms with Crippen molar-refractivity contribution in [3.8, 4) is 0 Å². The molecule has 2 heterocycles. The molecule has 7 heteroatoms. The molecular weight excluding hydrogens is 365 g/mol. The number of furan rings is 1. The highest BCUT2D eigenvalue weighted by Crippen LogP contribution is 2.31. The molecule has 1 aromatic carbocycles. The average molecular weight is 385 g/mol. The maximum absolute atomic E-state index is 13.1. The van der Waals surface area contributed by atoms with Gasteiger partial charge in [-0.25, -0.2) is 9.37 Å². The summed E-state index contributed by atoms with van der Waals surface area (Å²) in [5.41, 5.74) is 0.911. The van der Waals surface area contributed by atoms with E-state index in [0.717, 1.165) is 29.3 Å². The molecule has 1 amide bonds. The smallest absolute Gasteiger partial charge is 0.290 e. The van der Waals surface area contributed by atoms with Crippen LogP contribution < -0.4 is 0 Å². The topological polar surface area (TPSA) is 51.3 Å².